The second-order valence-electron chi connectivity index (χ2n) is 5.08. The van der Waals surface area contributed by atoms with Crippen molar-refractivity contribution in [2.24, 2.45) is 0 Å². The summed E-state index contributed by atoms with van der Waals surface area (Å²) in [7, 11) is 2.03. The summed E-state index contributed by atoms with van der Waals surface area (Å²) in [5.74, 6) is 1.08. The largest absolute Gasteiger partial charge is 0.315 e. The van der Waals surface area contributed by atoms with E-state index in [-0.39, 0.29) is 5.54 Å². The third-order valence-corrected chi connectivity index (χ3v) is 4.44. The smallest absolute Gasteiger partial charge is 0.147 e. The Morgan fingerprint density at radius 3 is 2.94 bits per heavy atom. The highest BCUT2D eigenvalue weighted by atomic mass is 15.3. The standard InChI is InChI=1S/C12H23N5/c1-5-12(3,10(2)13-4)17-7-6-16-9-14-15-11(16)8-17/h9-10,13H,5-8H2,1-4H3. The van der Waals surface area contributed by atoms with Crippen LogP contribution >= 0.6 is 0 Å². The predicted molar refractivity (Wildman–Crippen MR) is 67.6 cm³/mol. The maximum Gasteiger partial charge on any atom is 0.147 e. The molecule has 5 heteroatoms. The second kappa shape index (κ2) is 4.74. The van der Waals surface area contributed by atoms with E-state index in [1.807, 2.05) is 13.4 Å². The van der Waals surface area contributed by atoms with E-state index in [2.05, 4.69) is 45.8 Å². The Morgan fingerprint density at radius 2 is 2.29 bits per heavy atom. The van der Waals surface area contributed by atoms with Crippen LogP contribution in [0.15, 0.2) is 6.33 Å². The summed E-state index contributed by atoms with van der Waals surface area (Å²) in [5.41, 5.74) is 0.173. The molecule has 2 atom stereocenters. The average molecular weight is 237 g/mol. The molecule has 17 heavy (non-hydrogen) atoms. The van der Waals surface area contributed by atoms with Crippen molar-refractivity contribution in [2.45, 2.75) is 51.9 Å². The minimum absolute atomic E-state index is 0.173. The Labute approximate surface area is 103 Å². The highest BCUT2D eigenvalue weighted by molar-refractivity contribution is 4.99. The Bertz CT molecular complexity index is 375. The van der Waals surface area contributed by atoms with Crippen molar-refractivity contribution >= 4 is 0 Å². The predicted octanol–water partition coefficient (Wildman–Crippen LogP) is 0.870. The van der Waals surface area contributed by atoms with Gasteiger partial charge in [-0.3, -0.25) is 4.90 Å². The van der Waals surface area contributed by atoms with E-state index in [0.717, 1.165) is 31.9 Å². The Kier molecular flexibility index (Phi) is 3.49. The van der Waals surface area contributed by atoms with E-state index >= 15 is 0 Å². The summed E-state index contributed by atoms with van der Waals surface area (Å²) in [5, 5.41) is 11.6. The molecule has 1 aliphatic rings. The normalized spacial score (nSPS) is 21.9. The van der Waals surface area contributed by atoms with Crippen molar-refractivity contribution in [1.29, 1.82) is 0 Å². The van der Waals surface area contributed by atoms with Crippen LogP contribution in [0, 0.1) is 0 Å². The number of likely N-dealkylation sites (N-methyl/N-ethyl adjacent to an activating group) is 1. The van der Waals surface area contributed by atoms with Crippen LogP contribution in [0.1, 0.15) is 33.0 Å². The lowest BCUT2D eigenvalue weighted by Gasteiger charge is -2.46. The highest BCUT2D eigenvalue weighted by Crippen LogP contribution is 2.27. The molecule has 2 unspecified atom stereocenters. The van der Waals surface area contributed by atoms with Gasteiger partial charge in [-0.1, -0.05) is 6.92 Å². The number of nitrogens with zero attached hydrogens (tertiary/aromatic N) is 4. The Morgan fingerprint density at radius 1 is 1.53 bits per heavy atom. The quantitative estimate of drug-likeness (QED) is 0.844. The van der Waals surface area contributed by atoms with Crippen LogP contribution in [-0.4, -0.2) is 44.8 Å². The fourth-order valence-corrected chi connectivity index (χ4v) is 2.62. The third-order valence-electron chi connectivity index (χ3n) is 4.44. The zero-order valence-electron chi connectivity index (χ0n) is 11.3. The van der Waals surface area contributed by atoms with Crippen LogP contribution in [0.4, 0.5) is 0 Å². The molecule has 0 saturated carbocycles. The summed E-state index contributed by atoms with van der Waals surface area (Å²) in [6.07, 6.45) is 2.96. The minimum atomic E-state index is 0.173. The molecule has 2 rings (SSSR count). The van der Waals surface area contributed by atoms with Gasteiger partial charge in [-0.05, 0) is 27.3 Å². The molecular weight excluding hydrogens is 214 g/mol. The molecule has 2 heterocycles. The summed E-state index contributed by atoms with van der Waals surface area (Å²) in [6.45, 7) is 9.81. The number of nitrogens with one attached hydrogen (secondary N) is 1. The molecule has 0 aliphatic carbocycles. The van der Waals surface area contributed by atoms with Crippen LogP contribution in [0.2, 0.25) is 0 Å². The van der Waals surface area contributed by atoms with Crippen molar-refractivity contribution in [1.82, 2.24) is 25.0 Å². The van der Waals surface area contributed by atoms with Crippen LogP contribution < -0.4 is 5.32 Å². The SMILES string of the molecule is CCC(C)(C(C)NC)N1CCn2cnnc2C1. The van der Waals surface area contributed by atoms with Gasteiger partial charge in [0.15, 0.2) is 0 Å². The lowest BCUT2D eigenvalue weighted by Crippen LogP contribution is -2.59. The van der Waals surface area contributed by atoms with Gasteiger partial charge >= 0.3 is 0 Å². The first-order chi connectivity index (χ1) is 8.11. The van der Waals surface area contributed by atoms with Gasteiger partial charge in [0.1, 0.15) is 12.2 Å². The van der Waals surface area contributed by atoms with E-state index in [0.29, 0.717) is 6.04 Å². The molecule has 96 valence electrons. The fourth-order valence-electron chi connectivity index (χ4n) is 2.62. The molecule has 0 bridgehead atoms. The maximum atomic E-state index is 4.19. The number of fused-ring (bicyclic) bond motifs is 1. The van der Waals surface area contributed by atoms with E-state index < -0.39 is 0 Å². The van der Waals surface area contributed by atoms with Crippen LogP contribution in [0.5, 0.6) is 0 Å². The molecule has 0 spiro atoms. The first-order valence-electron chi connectivity index (χ1n) is 6.40. The molecule has 0 aromatic carbocycles. The van der Waals surface area contributed by atoms with Gasteiger partial charge in [0.2, 0.25) is 0 Å². The zero-order valence-corrected chi connectivity index (χ0v) is 11.3. The number of rotatable bonds is 4. The van der Waals surface area contributed by atoms with Crippen LogP contribution in [-0.2, 0) is 13.1 Å². The van der Waals surface area contributed by atoms with Gasteiger partial charge in [0.25, 0.3) is 0 Å². The van der Waals surface area contributed by atoms with Gasteiger partial charge in [-0.15, -0.1) is 10.2 Å². The summed E-state index contributed by atoms with van der Waals surface area (Å²) in [6, 6.07) is 0.460. The highest BCUT2D eigenvalue weighted by Gasteiger charge is 2.37. The van der Waals surface area contributed by atoms with E-state index in [1.54, 1.807) is 0 Å². The van der Waals surface area contributed by atoms with Gasteiger partial charge in [-0.25, -0.2) is 0 Å². The van der Waals surface area contributed by atoms with Crippen LogP contribution in [0.25, 0.3) is 0 Å². The molecule has 1 aromatic heterocycles. The van der Waals surface area contributed by atoms with Crippen molar-refractivity contribution in [3.63, 3.8) is 0 Å². The Hall–Kier alpha value is -0.940. The van der Waals surface area contributed by atoms with Gasteiger partial charge in [0, 0.05) is 24.7 Å². The van der Waals surface area contributed by atoms with Crippen molar-refractivity contribution in [3.8, 4) is 0 Å². The molecule has 0 amide bonds. The number of hydrogen-bond acceptors (Lipinski definition) is 4. The molecule has 5 nitrogen and oxygen atoms in total. The summed E-state index contributed by atoms with van der Waals surface area (Å²) in [4.78, 5) is 2.53. The molecule has 1 aromatic rings. The van der Waals surface area contributed by atoms with E-state index in [9.17, 15) is 0 Å². The monoisotopic (exact) mass is 237 g/mol. The third kappa shape index (κ3) is 2.09. The topological polar surface area (TPSA) is 46.0 Å². The van der Waals surface area contributed by atoms with Crippen molar-refractivity contribution in [2.75, 3.05) is 13.6 Å². The van der Waals surface area contributed by atoms with E-state index in [1.165, 1.54) is 0 Å². The molecule has 0 fully saturated rings. The van der Waals surface area contributed by atoms with Gasteiger partial charge in [0.05, 0.1) is 6.54 Å². The molecule has 0 saturated heterocycles. The second-order valence-corrected chi connectivity index (χ2v) is 5.08. The van der Waals surface area contributed by atoms with E-state index in [4.69, 9.17) is 0 Å². The van der Waals surface area contributed by atoms with Gasteiger partial charge < -0.3 is 9.88 Å². The first-order valence-corrected chi connectivity index (χ1v) is 6.40. The summed E-state index contributed by atoms with van der Waals surface area (Å²) >= 11 is 0. The number of aromatic nitrogens is 3. The Balaban J connectivity index is 2.18. The molecular formula is C12H23N5. The maximum absolute atomic E-state index is 4.19. The number of hydrogen-bond donors (Lipinski definition) is 1. The fraction of sp³-hybridized carbons (Fsp3) is 0.833. The molecule has 0 radical (unpaired) electrons. The molecule has 1 aliphatic heterocycles. The van der Waals surface area contributed by atoms with Crippen molar-refractivity contribution in [3.05, 3.63) is 12.2 Å². The van der Waals surface area contributed by atoms with Crippen LogP contribution in [0.3, 0.4) is 0 Å². The lowest BCUT2D eigenvalue weighted by atomic mass is 9.87. The van der Waals surface area contributed by atoms with Gasteiger partial charge in [-0.2, -0.15) is 0 Å². The average Bonchev–Trinajstić information content (AvgIpc) is 2.83. The first kappa shape index (κ1) is 12.5. The minimum Gasteiger partial charge on any atom is -0.315 e. The molecule has 1 N–H and O–H groups in total. The van der Waals surface area contributed by atoms with Crippen molar-refractivity contribution < 1.29 is 0 Å². The lowest BCUT2D eigenvalue weighted by molar-refractivity contribution is 0.0420. The zero-order chi connectivity index (χ0) is 12.5. The summed E-state index contributed by atoms with van der Waals surface area (Å²) < 4.78 is 2.15.